The Morgan fingerprint density at radius 1 is 0.946 bits per heavy atom. The Morgan fingerprint density at radius 3 is 2.46 bits per heavy atom. The number of anilines is 1. The van der Waals surface area contributed by atoms with Crippen LogP contribution in [0.25, 0.3) is 5.69 Å². The van der Waals surface area contributed by atoms with Crippen molar-refractivity contribution in [1.82, 2.24) is 14.9 Å². The van der Waals surface area contributed by atoms with Crippen LogP contribution in [0.1, 0.15) is 34.7 Å². The Bertz CT molecular complexity index is 1470. The van der Waals surface area contributed by atoms with Gasteiger partial charge in [0.1, 0.15) is 11.5 Å². The average Bonchev–Trinajstić information content (AvgIpc) is 3.40. The predicted octanol–water partition coefficient (Wildman–Crippen LogP) is 6.99. The van der Waals surface area contributed by atoms with Crippen LogP contribution in [0.15, 0.2) is 66.9 Å². The number of nitrogens with one attached hydrogen (secondary N) is 1. The summed E-state index contributed by atoms with van der Waals surface area (Å²) in [5.41, 5.74) is 5.67. The zero-order valence-electron chi connectivity index (χ0n) is 20.8. The number of thiocarbonyl (C=S) groups is 1. The van der Waals surface area contributed by atoms with Crippen LogP contribution < -0.4 is 19.7 Å². The van der Waals surface area contributed by atoms with E-state index in [2.05, 4.69) is 39.7 Å². The quantitative estimate of drug-likeness (QED) is 0.260. The van der Waals surface area contributed by atoms with Gasteiger partial charge in [0, 0.05) is 23.7 Å². The van der Waals surface area contributed by atoms with Gasteiger partial charge >= 0.3 is 0 Å². The smallest absolute Gasteiger partial charge is 0.174 e. The highest BCUT2D eigenvalue weighted by molar-refractivity contribution is 7.80. The van der Waals surface area contributed by atoms with Gasteiger partial charge in [0.15, 0.2) is 5.11 Å². The van der Waals surface area contributed by atoms with Crippen LogP contribution in [0.2, 0.25) is 10.0 Å². The SMILES string of the molecule is COc1ccc(N2C(=S)N[C@H](c3ccccn3)[C@H]2c2cc(C)n(-c3cccc(Cl)c3Cl)c2C)c(OC)c1. The van der Waals surface area contributed by atoms with E-state index in [1.54, 1.807) is 26.5 Å². The zero-order valence-corrected chi connectivity index (χ0v) is 23.2. The van der Waals surface area contributed by atoms with Crippen molar-refractivity contribution in [3.05, 3.63) is 99.6 Å². The Kier molecular flexibility index (Phi) is 7.03. The Balaban J connectivity index is 1.72. The third-order valence-electron chi connectivity index (χ3n) is 6.71. The Labute approximate surface area is 231 Å². The molecule has 2 aromatic carbocycles. The standard InChI is InChI=1S/C28H26Cl2N4O2S/c1-16-14-19(17(2)33(16)23-10-7-8-20(29)25(23)30)27-26(21-9-5-6-13-31-21)32-28(37)34(27)22-12-11-18(35-3)15-24(22)36-4/h5-15,26-27H,1-4H3,(H,32,37)/t26-,27-/m1/s1. The monoisotopic (exact) mass is 552 g/mol. The zero-order chi connectivity index (χ0) is 26.3. The van der Waals surface area contributed by atoms with Crippen molar-refractivity contribution in [3.8, 4) is 17.2 Å². The highest BCUT2D eigenvalue weighted by Gasteiger charge is 2.43. The lowest BCUT2D eigenvalue weighted by atomic mass is 9.96. The maximum absolute atomic E-state index is 6.65. The number of methoxy groups -OCH3 is 2. The number of hydrogen-bond acceptors (Lipinski definition) is 4. The van der Waals surface area contributed by atoms with E-state index in [0.717, 1.165) is 34.0 Å². The number of nitrogens with zero attached hydrogens (tertiary/aromatic N) is 3. The first-order valence-electron chi connectivity index (χ1n) is 11.7. The number of aryl methyl sites for hydroxylation is 1. The average molecular weight is 554 g/mol. The highest BCUT2D eigenvalue weighted by atomic mass is 35.5. The van der Waals surface area contributed by atoms with Crippen molar-refractivity contribution in [3.63, 3.8) is 0 Å². The van der Waals surface area contributed by atoms with Crippen molar-refractivity contribution in [2.75, 3.05) is 19.1 Å². The third kappa shape index (κ3) is 4.41. The maximum atomic E-state index is 6.65. The van der Waals surface area contributed by atoms with Crippen molar-refractivity contribution >= 4 is 46.2 Å². The van der Waals surface area contributed by atoms with Gasteiger partial charge < -0.3 is 24.3 Å². The van der Waals surface area contributed by atoms with E-state index in [1.807, 2.05) is 48.5 Å². The molecule has 0 bridgehead atoms. The summed E-state index contributed by atoms with van der Waals surface area (Å²) in [6.45, 7) is 4.14. The fraction of sp³-hybridized carbons (Fsp3) is 0.214. The second-order valence-electron chi connectivity index (χ2n) is 8.77. The summed E-state index contributed by atoms with van der Waals surface area (Å²) in [4.78, 5) is 6.76. The number of halogens is 2. The molecule has 0 aliphatic carbocycles. The summed E-state index contributed by atoms with van der Waals surface area (Å²) in [6, 6.07) is 19.0. The summed E-state index contributed by atoms with van der Waals surface area (Å²) < 4.78 is 13.3. The molecule has 1 fully saturated rings. The molecule has 37 heavy (non-hydrogen) atoms. The van der Waals surface area contributed by atoms with E-state index >= 15 is 0 Å². The van der Waals surface area contributed by atoms with E-state index in [0.29, 0.717) is 26.7 Å². The van der Waals surface area contributed by atoms with E-state index in [4.69, 9.17) is 44.9 Å². The second-order valence-corrected chi connectivity index (χ2v) is 9.94. The lowest BCUT2D eigenvalue weighted by molar-refractivity contribution is 0.394. The molecule has 6 nitrogen and oxygen atoms in total. The first kappa shape index (κ1) is 25.4. The Hall–Kier alpha value is -3.26. The fourth-order valence-electron chi connectivity index (χ4n) is 5.04. The van der Waals surface area contributed by atoms with Gasteiger partial charge in [-0.05, 0) is 74.1 Å². The molecule has 5 rings (SSSR count). The van der Waals surface area contributed by atoms with Gasteiger partial charge in [0.25, 0.3) is 0 Å². The van der Waals surface area contributed by atoms with Crippen LogP contribution in [0, 0.1) is 13.8 Å². The summed E-state index contributed by atoms with van der Waals surface area (Å²) >= 11 is 18.9. The molecule has 1 aliphatic rings. The normalized spacial score (nSPS) is 17.1. The van der Waals surface area contributed by atoms with Gasteiger partial charge in [0.2, 0.25) is 0 Å². The van der Waals surface area contributed by atoms with Gasteiger partial charge in [-0.15, -0.1) is 0 Å². The number of ether oxygens (including phenoxy) is 2. The minimum atomic E-state index is -0.220. The molecular formula is C28H26Cl2N4O2S. The van der Waals surface area contributed by atoms with Crippen molar-refractivity contribution in [2.45, 2.75) is 25.9 Å². The van der Waals surface area contributed by atoms with Crippen LogP contribution in [0.4, 0.5) is 5.69 Å². The number of aromatic nitrogens is 2. The minimum absolute atomic E-state index is 0.204. The predicted molar refractivity (Wildman–Crippen MR) is 153 cm³/mol. The number of hydrogen-bond donors (Lipinski definition) is 1. The Morgan fingerprint density at radius 2 is 1.76 bits per heavy atom. The van der Waals surface area contributed by atoms with Gasteiger partial charge in [-0.25, -0.2) is 0 Å². The summed E-state index contributed by atoms with van der Waals surface area (Å²) in [7, 11) is 3.27. The fourth-order valence-corrected chi connectivity index (χ4v) is 5.76. The van der Waals surface area contributed by atoms with E-state index in [1.165, 1.54) is 0 Å². The lowest BCUT2D eigenvalue weighted by Gasteiger charge is -2.29. The molecule has 4 aromatic rings. The molecular weight excluding hydrogens is 527 g/mol. The summed E-state index contributed by atoms with van der Waals surface area (Å²) in [5, 5.41) is 5.11. The van der Waals surface area contributed by atoms with Crippen molar-refractivity contribution < 1.29 is 9.47 Å². The molecule has 0 amide bonds. The lowest BCUT2D eigenvalue weighted by Crippen LogP contribution is -2.30. The summed E-state index contributed by atoms with van der Waals surface area (Å²) in [6.07, 6.45) is 1.79. The van der Waals surface area contributed by atoms with Crippen molar-refractivity contribution in [2.24, 2.45) is 0 Å². The van der Waals surface area contributed by atoms with Crippen LogP contribution in [-0.4, -0.2) is 28.9 Å². The maximum Gasteiger partial charge on any atom is 0.174 e. The summed E-state index contributed by atoms with van der Waals surface area (Å²) in [5.74, 6) is 1.35. The largest absolute Gasteiger partial charge is 0.497 e. The van der Waals surface area contributed by atoms with Gasteiger partial charge in [-0.3, -0.25) is 4.98 Å². The van der Waals surface area contributed by atoms with Crippen LogP contribution in [-0.2, 0) is 0 Å². The minimum Gasteiger partial charge on any atom is -0.497 e. The molecule has 0 unspecified atom stereocenters. The number of rotatable bonds is 6. The topological polar surface area (TPSA) is 51.5 Å². The van der Waals surface area contributed by atoms with E-state index < -0.39 is 0 Å². The molecule has 1 saturated heterocycles. The van der Waals surface area contributed by atoms with E-state index in [-0.39, 0.29) is 12.1 Å². The molecule has 0 spiro atoms. The van der Waals surface area contributed by atoms with E-state index in [9.17, 15) is 0 Å². The van der Waals surface area contributed by atoms with Gasteiger partial charge in [-0.2, -0.15) is 0 Å². The van der Waals surface area contributed by atoms with Gasteiger partial charge in [-0.1, -0.05) is 35.3 Å². The third-order valence-corrected chi connectivity index (χ3v) is 7.83. The molecule has 190 valence electrons. The van der Waals surface area contributed by atoms with Crippen LogP contribution in [0.5, 0.6) is 11.5 Å². The molecule has 9 heteroatoms. The number of pyridine rings is 1. The first-order chi connectivity index (χ1) is 17.8. The molecule has 1 N–H and O–H groups in total. The second kappa shape index (κ2) is 10.2. The molecule has 3 heterocycles. The van der Waals surface area contributed by atoms with Gasteiger partial charge in [0.05, 0.1) is 53.4 Å². The highest BCUT2D eigenvalue weighted by Crippen LogP contribution is 2.47. The molecule has 1 aliphatic heterocycles. The van der Waals surface area contributed by atoms with Crippen LogP contribution in [0.3, 0.4) is 0 Å². The molecule has 0 saturated carbocycles. The molecule has 2 aromatic heterocycles. The molecule has 0 radical (unpaired) electrons. The van der Waals surface area contributed by atoms with Crippen LogP contribution >= 0.6 is 35.4 Å². The molecule has 2 atom stereocenters. The first-order valence-corrected chi connectivity index (χ1v) is 12.9. The number of benzene rings is 2. The van der Waals surface area contributed by atoms with Crippen molar-refractivity contribution in [1.29, 1.82) is 0 Å².